The topological polar surface area (TPSA) is 123 Å². The van der Waals surface area contributed by atoms with E-state index in [0.29, 0.717) is 79.2 Å². The van der Waals surface area contributed by atoms with Gasteiger partial charge in [-0.2, -0.15) is 0 Å². The Hall–Kier alpha value is -1.05. The zero-order valence-electron chi connectivity index (χ0n) is 21.4. The summed E-state index contributed by atoms with van der Waals surface area (Å²) in [5.74, 6) is 0. The summed E-state index contributed by atoms with van der Waals surface area (Å²) < 4.78 is 37.9. The summed E-state index contributed by atoms with van der Waals surface area (Å²) in [5, 5.41) is 2.60. The molecule has 34 heavy (non-hydrogen) atoms. The van der Waals surface area contributed by atoms with Crippen molar-refractivity contribution in [1.82, 2.24) is 10.2 Å². The number of carbonyl (C=O) groups excluding carboxylic acids is 1. The molecule has 11 nitrogen and oxygen atoms in total. The third kappa shape index (κ3) is 27.2. The molecule has 0 aromatic carbocycles. The second-order valence-electron chi connectivity index (χ2n) is 7.59. The average Bonchev–Trinajstić information content (AvgIpc) is 2.82. The number of rotatable bonds is 28. The van der Waals surface area contributed by atoms with Crippen molar-refractivity contribution < 1.29 is 38.0 Å². The highest BCUT2D eigenvalue weighted by Crippen LogP contribution is 2.00. The predicted molar refractivity (Wildman–Crippen MR) is 130 cm³/mol. The number of nitrogens with zero attached hydrogens (tertiary/aromatic N) is 1. The van der Waals surface area contributed by atoms with E-state index in [9.17, 15) is 4.79 Å². The molecule has 0 unspecified atom stereocenters. The van der Waals surface area contributed by atoms with Crippen molar-refractivity contribution in [3.05, 3.63) is 0 Å². The van der Waals surface area contributed by atoms with Gasteiger partial charge < -0.3 is 44.2 Å². The van der Waals surface area contributed by atoms with Crippen LogP contribution in [0, 0.1) is 0 Å². The minimum Gasteiger partial charge on any atom is -0.382 e. The number of methoxy groups -OCH3 is 2. The van der Waals surface area contributed by atoms with E-state index in [4.69, 9.17) is 38.9 Å². The molecule has 0 aliphatic heterocycles. The van der Waals surface area contributed by atoms with E-state index in [0.717, 1.165) is 51.9 Å². The van der Waals surface area contributed by atoms with Gasteiger partial charge >= 0.3 is 6.03 Å². The second-order valence-corrected chi connectivity index (χ2v) is 7.59. The Morgan fingerprint density at radius 2 is 1.00 bits per heavy atom. The molecule has 0 saturated heterocycles. The van der Waals surface area contributed by atoms with E-state index >= 15 is 0 Å². The first-order chi connectivity index (χ1) is 16.7. The van der Waals surface area contributed by atoms with Crippen LogP contribution in [0.2, 0.25) is 0 Å². The molecule has 11 heteroatoms. The molecule has 2 amide bonds. The number of unbranched alkanes of at least 4 members (excludes halogenated alkanes) is 3. The maximum Gasteiger partial charge on any atom is 0.312 e. The van der Waals surface area contributed by atoms with Crippen molar-refractivity contribution in [3.63, 3.8) is 0 Å². The van der Waals surface area contributed by atoms with Crippen LogP contribution in [-0.4, -0.2) is 131 Å². The zero-order chi connectivity index (χ0) is 25.0. The number of primary amides is 1. The lowest BCUT2D eigenvalue weighted by Crippen LogP contribution is -2.34. The molecule has 0 aromatic rings. The van der Waals surface area contributed by atoms with Crippen LogP contribution >= 0.6 is 0 Å². The Morgan fingerprint density at radius 3 is 1.47 bits per heavy atom. The van der Waals surface area contributed by atoms with Crippen molar-refractivity contribution in [2.75, 3.05) is 120 Å². The van der Waals surface area contributed by atoms with Crippen LogP contribution in [0.5, 0.6) is 0 Å². The highest BCUT2D eigenvalue weighted by atomic mass is 16.5. The monoisotopic (exact) mass is 495 g/mol. The summed E-state index contributed by atoms with van der Waals surface area (Å²) in [6.45, 7) is 10.4. The summed E-state index contributed by atoms with van der Waals surface area (Å²) in [4.78, 5) is 12.9. The maximum absolute atomic E-state index is 10.6. The maximum atomic E-state index is 10.6. The lowest BCUT2D eigenvalue weighted by atomic mass is 10.2. The van der Waals surface area contributed by atoms with E-state index in [-0.39, 0.29) is 0 Å². The van der Waals surface area contributed by atoms with Crippen LogP contribution in [-0.2, 0) is 33.2 Å². The number of ether oxygens (including phenoxy) is 7. The van der Waals surface area contributed by atoms with Crippen molar-refractivity contribution in [2.24, 2.45) is 5.73 Å². The number of nitrogens with one attached hydrogen (secondary N) is 1. The first kappa shape index (κ1) is 33.0. The van der Waals surface area contributed by atoms with Crippen LogP contribution in [0.15, 0.2) is 0 Å². The zero-order valence-corrected chi connectivity index (χ0v) is 21.4. The van der Waals surface area contributed by atoms with E-state index in [1.807, 2.05) is 0 Å². The summed E-state index contributed by atoms with van der Waals surface area (Å²) in [7, 11) is 3.31. The largest absolute Gasteiger partial charge is 0.382 e. The van der Waals surface area contributed by atoms with Gasteiger partial charge in [0.05, 0.1) is 72.7 Å². The molecule has 0 fully saturated rings. The van der Waals surface area contributed by atoms with Gasteiger partial charge in [0, 0.05) is 47.0 Å². The van der Waals surface area contributed by atoms with Gasteiger partial charge in [0.1, 0.15) is 0 Å². The predicted octanol–water partition coefficient (Wildman–Crippen LogP) is 0.893. The van der Waals surface area contributed by atoms with Crippen molar-refractivity contribution in [2.45, 2.75) is 25.7 Å². The van der Waals surface area contributed by atoms with Gasteiger partial charge in [0.2, 0.25) is 0 Å². The average molecular weight is 496 g/mol. The lowest BCUT2D eigenvalue weighted by Gasteiger charge is -2.22. The van der Waals surface area contributed by atoms with E-state index in [2.05, 4.69) is 10.2 Å². The molecular formula is C23H49N3O8. The molecule has 0 aromatic heterocycles. The van der Waals surface area contributed by atoms with Gasteiger partial charge in [-0.05, 0) is 12.8 Å². The Balaban J connectivity index is 3.85. The Morgan fingerprint density at radius 1 is 0.588 bits per heavy atom. The van der Waals surface area contributed by atoms with Gasteiger partial charge in [-0.15, -0.1) is 0 Å². The minimum absolute atomic E-state index is 0.463. The van der Waals surface area contributed by atoms with E-state index < -0.39 is 6.03 Å². The fourth-order valence-corrected chi connectivity index (χ4v) is 2.84. The summed E-state index contributed by atoms with van der Waals surface area (Å²) in [6, 6.07) is -0.463. The molecule has 0 heterocycles. The molecule has 0 bridgehead atoms. The molecule has 204 valence electrons. The number of amides is 2. The molecular weight excluding hydrogens is 446 g/mol. The third-order valence-electron chi connectivity index (χ3n) is 4.78. The number of nitrogens with two attached hydrogens (primary N) is 1. The Labute approximate surface area is 205 Å². The van der Waals surface area contributed by atoms with Crippen LogP contribution in [0.1, 0.15) is 25.7 Å². The molecule has 0 aliphatic rings. The first-order valence-corrected chi connectivity index (χ1v) is 12.3. The Kier molecular flexibility index (Phi) is 27.3. The van der Waals surface area contributed by atoms with Crippen molar-refractivity contribution in [1.29, 1.82) is 0 Å². The molecule has 0 rings (SSSR count). The fourth-order valence-electron chi connectivity index (χ4n) is 2.84. The van der Waals surface area contributed by atoms with Gasteiger partial charge in [-0.25, -0.2) is 4.79 Å². The molecule has 0 aliphatic carbocycles. The fraction of sp³-hybridized carbons (Fsp3) is 0.957. The van der Waals surface area contributed by atoms with Crippen LogP contribution < -0.4 is 11.1 Å². The van der Waals surface area contributed by atoms with Gasteiger partial charge in [-0.1, -0.05) is 12.8 Å². The van der Waals surface area contributed by atoms with Crippen LogP contribution in [0.4, 0.5) is 4.79 Å². The number of carbonyl (C=O) groups is 1. The number of hydrogen-bond donors (Lipinski definition) is 2. The number of urea groups is 1. The highest BCUT2D eigenvalue weighted by Gasteiger charge is 2.06. The standard InChI is InChI=1S/C23H49N3O8/c1-28-15-17-33-21-19-31-13-9-26(10-14-32-20-22-34-18-16-29-2)8-12-30-11-6-4-3-5-7-25-23(24)27/h3-22H2,1-2H3,(H3,24,25,27). The van der Waals surface area contributed by atoms with Crippen LogP contribution in [0.3, 0.4) is 0 Å². The van der Waals surface area contributed by atoms with Crippen molar-refractivity contribution in [3.8, 4) is 0 Å². The molecule has 3 N–H and O–H groups in total. The lowest BCUT2D eigenvalue weighted by molar-refractivity contribution is 0.00534. The quantitative estimate of drug-likeness (QED) is 0.152. The van der Waals surface area contributed by atoms with E-state index in [1.54, 1.807) is 14.2 Å². The molecule has 0 atom stereocenters. The molecule has 0 radical (unpaired) electrons. The Bertz CT molecular complexity index is 402. The second kappa shape index (κ2) is 28.2. The van der Waals surface area contributed by atoms with Crippen molar-refractivity contribution >= 4 is 6.03 Å². The highest BCUT2D eigenvalue weighted by molar-refractivity contribution is 5.71. The third-order valence-corrected chi connectivity index (χ3v) is 4.78. The number of hydrogen-bond acceptors (Lipinski definition) is 9. The first-order valence-electron chi connectivity index (χ1n) is 12.3. The van der Waals surface area contributed by atoms with E-state index in [1.165, 1.54) is 0 Å². The minimum atomic E-state index is -0.463. The van der Waals surface area contributed by atoms with Gasteiger partial charge in [-0.3, -0.25) is 4.90 Å². The SMILES string of the molecule is COCCOCCOCCN(CCOCCCCCCNC(N)=O)CCOCCOCCOC. The van der Waals surface area contributed by atoms with Gasteiger partial charge in [0.15, 0.2) is 0 Å². The summed E-state index contributed by atoms with van der Waals surface area (Å²) >= 11 is 0. The normalized spacial score (nSPS) is 11.4. The molecule has 0 saturated carbocycles. The van der Waals surface area contributed by atoms with Gasteiger partial charge in [0.25, 0.3) is 0 Å². The smallest absolute Gasteiger partial charge is 0.312 e. The summed E-state index contributed by atoms with van der Waals surface area (Å²) in [6.07, 6.45) is 4.07. The van der Waals surface area contributed by atoms with Crippen LogP contribution in [0.25, 0.3) is 0 Å². The summed E-state index contributed by atoms with van der Waals surface area (Å²) in [5.41, 5.74) is 5.04. The molecule has 0 spiro atoms.